The molecule has 190 valence electrons. The lowest BCUT2D eigenvalue weighted by Crippen LogP contribution is -2.46. The normalized spacial score (nSPS) is 18.8. The van der Waals surface area contributed by atoms with Gasteiger partial charge in [0.1, 0.15) is 22.4 Å². The summed E-state index contributed by atoms with van der Waals surface area (Å²) >= 11 is 5.95. The number of anilines is 1. The highest BCUT2D eigenvalue weighted by Crippen LogP contribution is 2.43. The number of amides is 2. The Morgan fingerprint density at radius 2 is 1.97 bits per heavy atom. The fourth-order valence-electron chi connectivity index (χ4n) is 5.54. The number of pyridine rings is 1. The van der Waals surface area contributed by atoms with E-state index in [1.54, 1.807) is 21.9 Å². The molecular weight excluding hydrogens is 492 g/mol. The van der Waals surface area contributed by atoms with Crippen LogP contribution in [0.5, 0.6) is 5.75 Å². The first-order valence-corrected chi connectivity index (χ1v) is 12.8. The van der Waals surface area contributed by atoms with Crippen LogP contribution < -0.4 is 5.73 Å². The van der Waals surface area contributed by atoms with Gasteiger partial charge in [0.2, 0.25) is 5.91 Å². The number of carbonyl (C=O) groups is 2. The van der Waals surface area contributed by atoms with Gasteiger partial charge in [0.15, 0.2) is 0 Å². The number of halogens is 1. The molecule has 2 aliphatic heterocycles. The molecular formula is C27H27ClN6O3. The fraction of sp³-hybridized carbons (Fsp3) is 0.333. The first-order valence-electron chi connectivity index (χ1n) is 12.4. The van der Waals surface area contributed by atoms with Crippen molar-refractivity contribution in [1.29, 1.82) is 0 Å². The summed E-state index contributed by atoms with van der Waals surface area (Å²) in [5.74, 6) is 0.309. The molecule has 1 saturated carbocycles. The van der Waals surface area contributed by atoms with E-state index in [1.807, 2.05) is 16.8 Å². The molecule has 10 heteroatoms. The zero-order chi connectivity index (χ0) is 25.8. The molecule has 0 saturated heterocycles. The highest BCUT2D eigenvalue weighted by atomic mass is 35.5. The van der Waals surface area contributed by atoms with Gasteiger partial charge in [-0.15, -0.1) is 0 Å². The summed E-state index contributed by atoms with van der Waals surface area (Å²) in [4.78, 5) is 33.8. The molecule has 1 fully saturated rings. The number of nitrogens with two attached hydrogens (primary N) is 1. The zero-order valence-electron chi connectivity index (χ0n) is 20.2. The molecule has 0 spiro atoms. The first-order chi connectivity index (χ1) is 17.9. The van der Waals surface area contributed by atoms with Crippen molar-refractivity contribution in [1.82, 2.24) is 24.6 Å². The molecule has 1 aliphatic carbocycles. The number of nitrogen functional groups attached to an aromatic ring is 1. The monoisotopic (exact) mass is 518 g/mol. The lowest BCUT2D eigenvalue weighted by Gasteiger charge is -2.38. The average Bonchev–Trinajstić information content (AvgIpc) is 3.69. The number of hydrogen-bond acceptors (Lipinski definition) is 6. The summed E-state index contributed by atoms with van der Waals surface area (Å²) in [7, 11) is 0. The molecule has 0 unspecified atom stereocenters. The van der Waals surface area contributed by atoms with Gasteiger partial charge < -0.3 is 20.6 Å². The third-order valence-corrected chi connectivity index (χ3v) is 7.76. The molecule has 37 heavy (non-hydrogen) atoms. The van der Waals surface area contributed by atoms with E-state index < -0.39 is 6.04 Å². The van der Waals surface area contributed by atoms with Gasteiger partial charge in [-0.05, 0) is 54.7 Å². The third kappa shape index (κ3) is 4.03. The Bertz CT molecular complexity index is 1450. The molecule has 3 aromatic rings. The Hall–Kier alpha value is -3.85. The number of phenolic OH excluding ortho intramolecular Hbond substituents is 1. The Labute approximate surface area is 219 Å². The molecule has 0 bridgehead atoms. The van der Waals surface area contributed by atoms with Crippen molar-refractivity contribution in [3.8, 4) is 11.4 Å². The fourth-order valence-corrected chi connectivity index (χ4v) is 5.70. The van der Waals surface area contributed by atoms with Crippen molar-refractivity contribution >= 4 is 29.2 Å². The predicted molar refractivity (Wildman–Crippen MR) is 139 cm³/mol. The van der Waals surface area contributed by atoms with E-state index in [9.17, 15) is 14.7 Å². The van der Waals surface area contributed by atoms with Crippen LogP contribution >= 0.6 is 11.6 Å². The molecule has 2 amide bonds. The number of benzene rings is 1. The number of nitrogens with zero attached hydrogens (tertiary/aromatic N) is 5. The highest BCUT2D eigenvalue weighted by molar-refractivity contribution is 6.29. The second-order valence-corrected chi connectivity index (χ2v) is 10.2. The largest absolute Gasteiger partial charge is 0.506 e. The first kappa shape index (κ1) is 23.5. The van der Waals surface area contributed by atoms with Crippen LogP contribution in [0.4, 0.5) is 5.82 Å². The Kier molecular flexibility index (Phi) is 5.67. The number of rotatable bonds is 4. The predicted octanol–water partition coefficient (Wildman–Crippen LogP) is 3.40. The maximum absolute atomic E-state index is 13.7. The number of aromatic hydroxyl groups is 1. The van der Waals surface area contributed by atoms with Gasteiger partial charge in [-0.3, -0.25) is 9.59 Å². The minimum Gasteiger partial charge on any atom is -0.506 e. The topological polar surface area (TPSA) is 118 Å². The molecule has 6 rings (SSSR count). The molecule has 1 aromatic carbocycles. The lowest BCUT2D eigenvalue weighted by atomic mass is 9.94. The molecule has 9 nitrogen and oxygen atoms in total. The number of phenols is 1. The number of hydrogen-bond donors (Lipinski definition) is 2. The second kappa shape index (κ2) is 8.92. The Balaban J connectivity index is 1.43. The summed E-state index contributed by atoms with van der Waals surface area (Å²) < 4.78 is 1.81. The van der Waals surface area contributed by atoms with Crippen LogP contribution in [0.1, 0.15) is 57.7 Å². The van der Waals surface area contributed by atoms with Crippen molar-refractivity contribution in [2.75, 3.05) is 25.4 Å². The number of aromatic nitrogens is 3. The van der Waals surface area contributed by atoms with E-state index in [0.29, 0.717) is 44.1 Å². The SMILES string of the molecule is C=CC(=O)N1CCc2nn(-c3ccc(C4CC4)cc3O)c3c2[C@H](C1)N(C(=O)c1ccc(Cl)nc1N)CC3. The zero-order valence-corrected chi connectivity index (χ0v) is 21.0. The summed E-state index contributed by atoms with van der Waals surface area (Å²) in [6.45, 7) is 4.78. The van der Waals surface area contributed by atoms with Gasteiger partial charge in [0, 0.05) is 38.0 Å². The van der Waals surface area contributed by atoms with Crippen molar-refractivity contribution in [2.24, 2.45) is 0 Å². The standard InChI is InChI=1S/C27H27ClN6O3/c1-2-24(36)32-11-9-18-25-20(34(31-18)19-7-5-16(13-22(19)35)15-3-4-15)10-12-33(21(25)14-32)27(37)17-6-8-23(28)30-26(17)29/h2,5-8,13,15,21,35H,1,3-4,9-12,14H2,(H2,29,30)/t21-/m0/s1. The van der Waals surface area contributed by atoms with Crippen LogP contribution in [0.25, 0.3) is 5.69 Å². The van der Waals surface area contributed by atoms with Crippen molar-refractivity contribution in [2.45, 2.75) is 37.6 Å². The van der Waals surface area contributed by atoms with Crippen LogP contribution in [-0.4, -0.2) is 61.1 Å². The quantitative estimate of drug-likeness (QED) is 0.404. The molecule has 1 atom stereocenters. The van der Waals surface area contributed by atoms with Crippen molar-refractivity contribution < 1.29 is 14.7 Å². The summed E-state index contributed by atoms with van der Waals surface area (Å²) in [6.07, 6.45) is 4.65. The van der Waals surface area contributed by atoms with Gasteiger partial charge in [-0.2, -0.15) is 5.10 Å². The van der Waals surface area contributed by atoms with E-state index in [4.69, 9.17) is 22.4 Å². The highest BCUT2D eigenvalue weighted by Gasteiger charge is 2.40. The van der Waals surface area contributed by atoms with Gasteiger partial charge in [0.25, 0.3) is 5.91 Å². The van der Waals surface area contributed by atoms with Crippen molar-refractivity contribution in [3.63, 3.8) is 0 Å². The molecule has 3 N–H and O–H groups in total. The van der Waals surface area contributed by atoms with Gasteiger partial charge in [-0.25, -0.2) is 9.67 Å². The van der Waals surface area contributed by atoms with E-state index in [-0.39, 0.29) is 34.1 Å². The maximum Gasteiger partial charge on any atom is 0.258 e. The lowest BCUT2D eigenvalue weighted by molar-refractivity contribution is -0.126. The minimum atomic E-state index is -0.436. The second-order valence-electron chi connectivity index (χ2n) is 9.81. The minimum absolute atomic E-state index is 0.0625. The molecule has 0 radical (unpaired) electrons. The van der Waals surface area contributed by atoms with Gasteiger partial charge >= 0.3 is 0 Å². The molecule has 3 aliphatic rings. The van der Waals surface area contributed by atoms with Crippen LogP contribution in [0.3, 0.4) is 0 Å². The third-order valence-electron chi connectivity index (χ3n) is 7.55. The Morgan fingerprint density at radius 1 is 1.16 bits per heavy atom. The van der Waals surface area contributed by atoms with Gasteiger partial charge in [0.05, 0.1) is 23.0 Å². The maximum atomic E-state index is 13.7. The Morgan fingerprint density at radius 3 is 2.68 bits per heavy atom. The molecule has 2 aromatic heterocycles. The van der Waals surface area contributed by atoms with Gasteiger partial charge in [-0.1, -0.05) is 24.2 Å². The van der Waals surface area contributed by atoms with E-state index in [1.165, 1.54) is 6.08 Å². The van der Waals surface area contributed by atoms with E-state index >= 15 is 0 Å². The van der Waals surface area contributed by atoms with Crippen LogP contribution in [0.2, 0.25) is 5.15 Å². The van der Waals surface area contributed by atoms with Crippen LogP contribution in [0.15, 0.2) is 43.0 Å². The smallest absolute Gasteiger partial charge is 0.258 e. The van der Waals surface area contributed by atoms with Crippen LogP contribution in [-0.2, 0) is 17.6 Å². The van der Waals surface area contributed by atoms with Crippen molar-refractivity contribution in [3.05, 3.63) is 76.2 Å². The number of carbonyl (C=O) groups excluding carboxylic acids is 2. The average molecular weight is 519 g/mol. The van der Waals surface area contributed by atoms with E-state index in [0.717, 1.165) is 35.4 Å². The van der Waals surface area contributed by atoms with Crippen LogP contribution in [0, 0.1) is 0 Å². The van der Waals surface area contributed by atoms with E-state index in [2.05, 4.69) is 17.6 Å². The summed E-state index contributed by atoms with van der Waals surface area (Å²) in [5.41, 5.74) is 10.8. The summed E-state index contributed by atoms with van der Waals surface area (Å²) in [6, 6.07) is 8.50. The molecule has 4 heterocycles. The summed E-state index contributed by atoms with van der Waals surface area (Å²) in [5, 5.41) is 16.0.